The molecule has 0 aromatic heterocycles. The molecule has 0 unspecified atom stereocenters. The molecule has 6 nitrogen and oxygen atoms in total. The van der Waals surface area contributed by atoms with Gasteiger partial charge in [0.25, 0.3) is 0 Å². The monoisotopic (exact) mass is 346 g/mol. The van der Waals surface area contributed by atoms with Crippen molar-refractivity contribution < 1.29 is 19.1 Å². The molecular formula is C14H16Cl2N2O4. The summed E-state index contributed by atoms with van der Waals surface area (Å²) >= 11 is 11.8. The van der Waals surface area contributed by atoms with Crippen LogP contribution in [0.5, 0.6) is 0 Å². The van der Waals surface area contributed by atoms with Crippen LogP contribution in [-0.4, -0.2) is 74.0 Å². The molecule has 3 rings (SSSR count). The minimum Gasteiger partial charge on any atom is -0.378 e. The lowest BCUT2D eigenvalue weighted by atomic mass is 10.1. The highest BCUT2D eigenvalue weighted by Gasteiger charge is 2.40. The molecule has 2 saturated heterocycles. The fraction of sp³-hybridized carbons (Fsp3) is 0.571. The highest BCUT2D eigenvalue weighted by Crippen LogP contribution is 2.34. The van der Waals surface area contributed by atoms with Crippen LogP contribution < -0.4 is 0 Å². The number of carbonyl (C=O) groups is 2. The number of halogens is 2. The topological polar surface area (TPSA) is 59.1 Å². The van der Waals surface area contributed by atoms with E-state index in [4.69, 9.17) is 32.7 Å². The molecule has 0 amide bonds. The molecule has 2 fully saturated rings. The highest BCUT2D eigenvalue weighted by molar-refractivity contribution is 6.64. The number of nitrogens with zero attached hydrogens (tertiary/aromatic N) is 2. The molecule has 3 aliphatic rings. The number of Topliss-reactive ketones (excluding diaryl/α,β-unsaturated/α-hetero) is 2. The predicted molar refractivity (Wildman–Crippen MR) is 80.6 cm³/mol. The van der Waals surface area contributed by atoms with Gasteiger partial charge in [-0.25, -0.2) is 0 Å². The first-order chi connectivity index (χ1) is 10.6. The third-order valence-corrected chi connectivity index (χ3v) is 4.71. The van der Waals surface area contributed by atoms with Gasteiger partial charge in [0.05, 0.1) is 26.4 Å². The van der Waals surface area contributed by atoms with Gasteiger partial charge >= 0.3 is 0 Å². The molecule has 0 aromatic carbocycles. The molecule has 0 radical (unpaired) electrons. The van der Waals surface area contributed by atoms with E-state index in [0.717, 1.165) is 0 Å². The second kappa shape index (κ2) is 6.58. The summed E-state index contributed by atoms with van der Waals surface area (Å²) in [5.41, 5.74) is 0.0683. The molecule has 8 heteroatoms. The molecule has 22 heavy (non-hydrogen) atoms. The lowest BCUT2D eigenvalue weighted by molar-refractivity contribution is -0.116. The normalized spacial score (nSPS) is 23.6. The summed E-state index contributed by atoms with van der Waals surface area (Å²) in [6.07, 6.45) is 0. The molecule has 0 atom stereocenters. The largest absolute Gasteiger partial charge is 0.378 e. The molecule has 1 aliphatic carbocycles. The zero-order chi connectivity index (χ0) is 15.7. The average Bonchev–Trinajstić information content (AvgIpc) is 2.75. The molecule has 0 aromatic rings. The van der Waals surface area contributed by atoms with Gasteiger partial charge in [0.2, 0.25) is 11.6 Å². The first kappa shape index (κ1) is 15.8. The standard InChI is InChI=1S/C14H16Cl2N2O4/c15-10-11(16)13(20)9(12(10)19)14(17-1-5-21-6-2-17)18-3-7-22-8-4-18/h1-8H2. The summed E-state index contributed by atoms with van der Waals surface area (Å²) < 4.78 is 10.7. The second-order valence-corrected chi connectivity index (χ2v) is 5.94. The third-order valence-electron chi connectivity index (χ3n) is 3.89. The lowest BCUT2D eigenvalue weighted by Crippen LogP contribution is -2.47. The summed E-state index contributed by atoms with van der Waals surface area (Å²) in [4.78, 5) is 28.8. The van der Waals surface area contributed by atoms with E-state index in [0.29, 0.717) is 58.4 Å². The lowest BCUT2D eigenvalue weighted by Gasteiger charge is -2.40. The number of hydrogen-bond acceptors (Lipinski definition) is 6. The highest BCUT2D eigenvalue weighted by atomic mass is 35.5. The Balaban J connectivity index is 2.02. The number of ether oxygens (including phenoxy) is 2. The van der Waals surface area contributed by atoms with E-state index >= 15 is 0 Å². The molecule has 0 spiro atoms. The van der Waals surface area contributed by atoms with Crippen molar-refractivity contribution in [3.05, 3.63) is 21.5 Å². The fourth-order valence-electron chi connectivity index (χ4n) is 2.79. The van der Waals surface area contributed by atoms with Crippen LogP contribution in [-0.2, 0) is 19.1 Å². The van der Waals surface area contributed by atoms with Crippen LogP contribution in [0.1, 0.15) is 0 Å². The Bertz CT molecular complexity index is 515. The second-order valence-electron chi connectivity index (χ2n) is 5.18. The van der Waals surface area contributed by atoms with E-state index in [2.05, 4.69) is 0 Å². The molecule has 2 aliphatic heterocycles. The summed E-state index contributed by atoms with van der Waals surface area (Å²) in [5, 5.41) is -0.388. The van der Waals surface area contributed by atoms with Gasteiger partial charge in [-0.05, 0) is 0 Å². The minimum atomic E-state index is -0.496. The maximum atomic E-state index is 12.4. The van der Waals surface area contributed by atoms with Crippen molar-refractivity contribution in [2.45, 2.75) is 0 Å². The van der Waals surface area contributed by atoms with Gasteiger partial charge in [-0.2, -0.15) is 0 Å². The average molecular weight is 347 g/mol. The van der Waals surface area contributed by atoms with Crippen LogP contribution in [0.25, 0.3) is 0 Å². The van der Waals surface area contributed by atoms with Gasteiger partial charge in [0, 0.05) is 26.2 Å². The van der Waals surface area contributed by atoms with Gasteiger partial charge < -0.3 is 19.3 Å². The van der Waals surface area contributed by atoms with Crippen molar-refractivity contribution in [2.24, 2.45) is 0 Å². The van der Waals surface area contributed by atoms with E-state index in [9.17, 15) is 9.59 Å². The smallest absolute Gasteiger partial charge is 0.213 e. The predicted octanol–water partition coefficient (Wildman–Crippen LogP) is 0.703. The molecule has 0 bridgehead atoms. The minimum absolute atomic E-state index is 0.0683. The molecular weight excluding hydrogens is 331 g/mol. The van der Waals surface area contributed by atoms with Crippen LogP contribution in [0.3, 0.4) is 0 Å². The van der Waals surface area contributed by atoms with Crippen molar-refractivity contribution in [1.29, 1.82) is 0 Å². The number of rotatable bonds is 2. The molecule has 120 valence electrons. The summed E-state index contributed by atoms with van der Waals surface area (Å²) in [6, 6.07) is 0. The SMILES string of the molecule is O=C1C(Cl)=C(Cl)C(=O)C1=C(N1CCOCC1)N1CCOCC1. The molecule has 0 saturated carbocycles. The van der Waals surface area contributed by atoms with Crippen molar-refractivity contribution in [2.75, 3.05) is 52.6 Å². The Morgan fingerprint density at radius 1 is 0.773 bits per heavy atom. The van der Waals surface area contributed by atoms with E-state index in [1.165, 1.54) is 0 Å². The first-order valence-electron chi connectivity index (χ1n) is 7.15. The fourth-order valence-corrected chi connectivity index (χ4v) is 3.15. The summed E-state index contributed by atoms with van der Waals surface area (Å²) in [6.45, 7) is 4.68. The van der Waals surface area contributed by atoms with Gasteiger partial charge in [-0.15, -0.1) is 0 Å². The van der Waals surface area contributed by atoms with Crippen molar-refractivity contribution in [3.63, 3.8) is 0 Å². The molecule has 0 N–H and O–H groups in total. The van der Waals surface area contributed by atoms with E-state index in [-0.39, 0.29) is 15.6 Å². The Labute approximate surface area is 138 Å². The van der Waals surface area contributed by atoms with Crippen molar-refractivity contribution in [1.82, 2.24) is 9.80 Å². The van der Waals surface area contributed by atoms with Gasteiger partial charge in [-0.3, -0.25) is 9.59 Å². The van der Waals surface area contributed by atoms with Crippen LogP contribution in [0.4, 0.5) is 0 Å². The maximum Gasteiger partial charge on any atom is 0.213 e. The third kappa shape index (κ3) is 2.76. The Kier molecular flexibility index (Phi) is 4.73. The Morgan fingerprint density at radius 2 is 1.14 bits per heavy atom. The number of carbonyl (C=O) groups excluding carboxylic acids is 2. The van der Waals surface area contributed by atoms with Gasteiger partial charge in [0.15, 0.2) is 0 Å². The van der Waals surface area contributed by atoms with Crippen LogP contribution in [0, 0.1) is 0 Å². The van der Waals surface area contributed by atoms with Crippen LogP contribution >= 0.6 is 23.2 Å². The number of allylic oxidation sites excluding steroid dienone is 3. The van der Waals surface area contributed by atoms with Crippen molar-refractivity contribution in [3.8, 4) is 0 Å². The van der Waals surface area contributed by atoms with Crippen molar-refractivity contribution >= 4 is 34.8 Å². The maximum absolute atomic E-state index is 12.4. The van der Waals surface area contributed by atoms with E-state index < -0.39 is 11.6 Å². The van der Waals surface area contributed by atoms with Gasteiger partial charge in [0.1, 0.15) is 21.5 Å². The van der Waals surface area contributed by atoms with Crippen LogP contribution in [0.15, 0.2) is 21.5 Å². The van der Waals surface area contributed by atoms with Gasteiger partial charge in [-0.1, -0.05) is 23.2 Å². The van der Waals surface area contributed by atoms with Crippen LogP contribution in [0.2, 0.25) is 0 Å². The quantitative estimate of drug-likeness (QED) is 0.542. The van der Waals surface area contributed by atoms with E-state index in [1.807, 2.05) is 9.80 Å². The Hall–Kier alpha value is -1.08. The first-order valence-corrected chi connectivity index (χ1v) is 7.91. The zero-order valence-corrected chi connectivity index (χ0v) is 13.5. The molecule has 2 heterocycles. The Morgan fingerprint density at radius 3 is 1.50 bits per heavy atom. The summed E-state index contributed by atoms with van der Waals surface area (Å²) in [5.74, 6) is -0.385. The number of morpholine rings is 2. The summed E-state index contributed by atoms with van der Waals surface area (Å²) in [7, 11) is 0. The number of ketones is 2. The van der Waals surface area contributed by atoms with E-state index in [1.54, 1.807) is 0 Å². The number of hydrogen-bond donors (Lipinski definition) is 0. The zero-order valence-electron chi connectivity index (χ0n) is 11.9.